The normalized spacial score (nSPS) is 25.1. The topological polar surface area (TPSA) is 37.4 Å². The van der Waals surface area contributed by atoms with E-state index in [1.54, 1.807) is 11.9 Å². The van der Waals surface area contributed by atoms with Gasteiger partial charge in [0.2, 0.25) is 5.91 Å². The summed E-state index contributed by atoms with van der Waals surface area (Å²) in [5.74, 6) is 0.232. The third-order valence-electron chi connectivity index (χ3n) is 4.60. The Hall–Kier alpha value is -1.90. The minimum absolute atomic E-state index is 0.0664. The number of carbonyl (C=O) groups is 2. The largest absolute Gasteiger partial charge is 0.319 e. The van der Waals surface area contributed by atoms with Crippen LogP contribution in [0, 0.1) is 5.41 Å². The second kappa shape index (κ2) is 4.83. The van der Waals surface area contributed by atoms with Crippen molar-refractivity contribution < 1.29 is 9.59 Å². The number of benzene rings is 1. The summed E-state index contributed by atoms with van der Waals surface area (Å²) in [4.78, 5) is 26.7. The van der Waals surface area contributed by atoms with Crippen molar-refractivity contribution in [3.8, 4) is 0 Å². The Morgan fingerprint density at radius 2 is 1.76 bits per heavy atom. The summed E-state index contributed by atoms with van der Waals surface area (Å²) >= 11 is 0. The molecule has 0 saturated carbocycles. The van der Waals surface area contributed by atoms with E-state index in [0.717, 1.165) is 23.3 Å². The van der Waals surface area contributed by atoms with Crippen molar-refractivity contribution in [1.29, 1.82) is 0 Å². The predicted octanol–water partition coefficient (Wildman–Crippen LogP) is 3.28. The molecule has 1 aliphatic heterocycles. The summed E-state index contributed by atoms with van der Waals surface area (Å²) < 4.78 is 0. The molecule has 1 aromatic carbocycles. The Labute approximate surface area is 125 Å². The molecule has 1 aliphatic carbocycles. The van der Waals surface area contributed by atoms with Crippen molar-refractivity contribution in [3.63, 3.8) is 0 Å². The van der Waals surface area contributed by atoms with Gasteiger partial charge in [-0.2, -0.15) is 0 Å². The van der Waals surface area contributed by atoms with E-state index in [1.807, 2.05) is 30.3 Å². The van der Waals surface area contributed by atoms with Crippen LogP contribution in [0.2, 0.25) is 0 Å². The van der Waals surface area contributed by atoms with E-state index >= 15 is 0 Å². The molecule has 1 amide bonds. The highest BCUT2D eigenvalue weighted by Crippen LogP contribution is 2.46. The monoisotopic (exact) mass is 283 g/mol. The van der Waals surface area contributed by atoms with Gasteiger partial charge in [-0.1, -0.05) is 44.2 Å². The second-order valence-corrected chi connectivity index (χ2v) is 6.92. The lowest BCUT2D eigenvalue weighted by Gasteiger charge is -2.41. The Bertz CT molecular complexity index is 628. The molecular weight excluding hydrogens is 262 g/mol. The van der Waals surface area contributed by atoms with Crippen LogP contribution in [-0.2, 0) is 9.59 Å². The van der Waals surface area contributed by atoms with Crippen LogP contribution in [0.4, 0.5) is 0 Å². The number of ketones is 1. The molecule has 0 aromatic heterocycles. The minimum Gasteiger partial charge on any atom is -0.319 e. The van der Waals surface area contributed by atoms with Gasteiger partial charge >= 0.3 is 0 Å². The summed E-state index contributed by atoms with van der Waals surface area (Å²) in [5.41, 5.74) is 2.80. The molecule has 0 bridgehead atoms. The van der Waals surface area contributed by atoms with E-state index < -0.39 is 0 Å². The van der Waals surface area contributed by atoms with Crippen molar-refractivity contribution in [3.05, 3.63) is 47.2 Å². The fraction of sp³-hybridized carbons (Fsp3) is 0.444. The van der Waals surface area contributed by atoms with Crippen LogP contribution < -0.4 is 0 Å². The van der Waals surface area contributed by atoms with Crippen LogP contribution in [0.25, 0.3) is 0 Å². The average Bonchev–Trinajstić information content (AvgIpc) is 2.43. The maximum Gasteiger partial charge on any atom is 0.227 e. The van der Waals surface area contributed by atoms with E-state index in [0.29, 0.717) is 12.8 Å². The number of amides is 1. The first-order valence-corrected chi connectivity index (χ1v) is 7.47. The zero-order valence-electron chi connectivity index (χ0n) is 12.8. The molecular formula is C18H21NO2. The third kappa shape index (κ3) is 2.41. The van der Waals surface area contributed by atoms with Gasteiger partial charge in [0.05, 0.1) is 0 Å². The number of carbonyl (C=O) groups excluding carboxylic acids is 2. The first kappa shape index (κ1) is 14.1. The molecule has 21 heavy (non-hydrogen) atoms. The highest BCUT2D eigenvalue weighted by molar-refractivity contribution is 6.02. The highest BCUT2D eigenvalue weighted by atomic mass is 16.2. The number of hydrogen-bond acceptors (Lipinski definition) is 2. The van der Waals surface area contributed by atoms with Crippen LogP contribution in [0.5, 0.6) is 0 Å². The van der Waals surface area contributed by atoms with E-state index in [4.69, 9.17) is 0 Å². The summed E-state index contributed by atoms with van der Waals surface area (Å²) in [7, 11) is 1.80. The van der Waals surface area contributed by atoms with Gasteiger partial charge in [0.1, 0.15) is 0 Å². The smallest absolute Gasteiger partial charge is 0.227 e. The number of hydrogen-bond donors (Lipinski definition) is 0. The Balaban J connectivity index is 2.13. The SMILES string of the molecule is CN1C(=O)CC(c2ccccc2)C2=C1CC(C)(C)CC2=O. The Morgan fingerprint density at radius 1 is 1.10 bits per heavy atom. The predicted molar refractivity (Wildman–Crippen MR) is 81.6 cm³/mol. The van der Waals surface area contributed by atoms with Crippen molar-refractivity contribution >= 4 is 11.7 Å². The molecule has 3 nitrogen and oxygen atoms in total. The average molecular weight is 283 g/mol. The van der Waals surface area contributed by atoms with Crippen molar-refractivity contribution in [2.45, 2.75) is 39.0 Å². The van der Waals surface area contributed by atoms with Gasteiger partial charge in [-0.3, -0.25) is 9.59 Å². The first-order chi connectivity index (χ1) is 9.89. The van der Waals surface area contributed by atoms with E-state index in [9.17, 15) is 9.59 Å². The van der Waals surface area contributed by atoms with E-state index in [2.05, 4.69) is 13.8 Å². The van der Waals surface area contributed by atoms with Crippen molar-refractivity contribution in [2.75, 3.05) is 7.05 Å². The van der Waals surface area contributed by atoms with Crippen LogP contribution in [0.1, 0.15) is 44.6 Å². The molecule has 0 fully saturated rings. The number of Topliss-reactive ketones (excluding diaryl/α,β-unsaturated/α-hetero) is 1. The number of allylic oxidation sites excluding steroid dienone is 2. The molecule has 0 N–H and O–H groups in total. The zero-order valence-corrected chi connectivity index (χ0v) is 12.8. The number of rotatable bonds is 1. The maximum absolute atomic E-state index is 12.7. The Morgan fingerprint density at radius 3 is 2.43 bits per heavy atom. The summed E-state index contributed by atoms with van der Waals surface area (Å²) in [6, 6.07) is 9.93. The summed E-state index contributed by atoms with van der Waals surface area (Å²) in [5, 5.41) is 0. The van der Waals surface area contributed by atoms with Crippen LogP contribution in [0.3, 0.4) is 0 Å². The summed E-state index contributed by atoms with van der Waals surface area (Å²) in [6.07, 6.45) is 1.75. The lowest BCUT2D eigenvalue weighted by Crippen LogP contribution is -2.41. The molecule has 0 spiro atoms. The van der Waals surface area contributed by atoms with Crippen LogP contribution in [0.15, 0.2) is 41.6 Å². The first-order valence-electron chi connectivity index (χ1n) is 7.47. The molecule has 3 heteroatoms. The van der Waals surface area contributed by atoms with Gasteiger partial charge in [0.25, 0.3) is 0 Å². The highest BCUT2D eigenvalue weighted by Gasteiger charge is 2.42. The van der Waals surface area contributed by atoms with Crippen LogP contribution >= 0.6 is 0 Å². The fourth-order valence-corrected chi connectivity index (χ4v) is 3.53. The molecule has 0 saturated heterocycles. The van der Waals surface area contributed by atoms with Crippen molar-refractivity contribution in [2.24, 2.45) is 5.41 Å². The van der Waals surface area contributed by atoms with Gasteiger partial charge in [-0.05, 0) is 17.4 Å². The molecule has 0 radical (unpaired) electrons. The number of nitrogens with zero attached hydrogens (tertiary/aromatic N) is 1. The maximum atomic E-state index is 12.7. The van der Waals surface area contributed by atoms with Gasteiger partial charge in [0.15, 0.2) is 5.78 Å². The van der Waals surface area contributed by atoms with Gasteiger partial charge < -0.3 is 4.90 Å². The standard InChI is InChI=1S/C18H21NO2/c1-18(2)10-14-17(15(20)11-18)13(9-16(21)19(14)3)12-7-5-4-6-8-12/h4-8,13H,9-11H2,1-3H3. The quantitative estimate of drug-likeness (QED) is 0.793. The molecule has 110 valence electrons. The van der Waals surface area contributed by atoms with Crippen LogP contribution in [-0.4, -0.2) is 23.6 Å². The lowest BCUT2D eigenvalue weighted by atomic mass is 9.69. The van der Waals surface area contributed by atoms with Gasteiger partial charge in [0, 0.05) is 37.1 Å². The third-order valence-corrected chi connectivity index (χ3v) is 4.60. The molecule has 1 unspecified atom stereocenters. The fourth-order valence-electron chi connectivity index (χ4n) is 3.53. The van der Waals surface area contributed by atoms with E-state index in [1.165, 1.54) is 0 Å². The molecule has 2 aliphatic rings. The molecule has 1 aromatic rings. The van der Waals surface area contributed by atoms with Crippen molar-refractivity contribution in [1.82, 2.24) is 4.90 Å². The molecule has 1 atom stereocenters. The molecule has 3 rings (SSSR count). The van der Waals surface area contributed by atoms with Gasteiger partial charge in [-0.25, -0.2) is 0 Å². The lowest BCUT2D eigenvalue weighted by molar-refractivity contribution is -0.130. The second-order valence-electron chi connectivity index (χ2n) is 6.92. The Kier molecular flexibility index (Phi) is 3.23. The van der Waals surface area contributed by atoms with E-state index in [-0.39, 0.29) is 23.0 Å². The zero-order chi connectivity index (χ0) is 15.2. The molecule has 1 heterocycles. The van der Waals surface area contributed by atoms with Gasteiger partial charge in [-0.15, -0.1) is 0 Å². The minimum atomic E-state index is -0.0755. The summed E-state index contributed by atoms with van der Waals surface area (Å²) in [6.45, 7) is 4.19.